The Labute approximate surface area is 76.3 Å². The first-order valence-corrected chi connectivity index (χ1v) is 4.13. The molecule has 3 heteroatoms. The third-order valence-corrected chi connectivity index (χ3v) is 1.95. The molecule has 1 heterocycles. The van der Waals surface area contributed by atoms with Crippen molar-refractivity contribution in [1.82, 2.24) is 0 Å². The first-order chi connectivity index (χ1) is 6.25. The molecule has 0 atom stereocenters. The summed E-state index contributed by atoms with van der Waals surface area (Å²) in [6.07, 6.45) is 0. The third-order valence-electron chi connectivity index (χ3n) is 1.95. The molecule has 0 fully saturated rings. The Hall–Kier alpha value is -1.35. The Morgan fingerprint density at radius 3 is 2.92 bits per heavy atom. The monoisotopic (exact) mass is 178 g/mol. The van der Waals surface area contributed by atoms with E-state index in [1.165, 1.54) is 12.5 Å². The number of fused-ring (bicyclic) bond motifs is 1. The Morgan fingerprint density at radius 1 is 1.38 bits per heavy atom. The molecule has 13 heavy (non-hydrogen) atoms. The fourth-order valence-electron chi connectivity index (χ4n) is 1.38. The molecule has 1 aromatic rings. The van der Waals surface area contributed by atoms with E-state index in [2.05, 4.69) is 0 Å². The number of benzene rings is 1. The first-order valence-electron chi connectivity index (χ1n) is 4.13. The summed E-state index contributed by atoms with van der Waals surface area (Å²) in [7, 11) is 0. The van der Waals surface area contributed by atoms with Crippen LogP contribution in [0.1, 0.15) is 18.1 Å². The summed E-state index contributed by atoms with van der Waals surface area (Å²) < 4.78 is 10.2. The molecule has 0 unspecified atom stereocenters. The fraction of sp³-hybridized carbons (Fsp3) is 0.300. The zero-order valence-corrected chi connectivity index (χ0v) is 7.37. The summed E-state index contributed by atoms with van der Waals surface area (Å²) >= 11 is 0. The number of carbonyl (C=O) groups is 1. The van der Waals surface area contributed by atoms with Crippen molar-refractivity contribution in [2.45, 2.75) is 20.1 Å². The van der Waals surface area contributed by atoms with Crippen LogP contribution in [0.3, 0.4) is 0 Å². The number of esters is 1. The SMILES string of the molecule is CC(=O)Oc1ccc2c(c1)COC2. The maximum atomic E-state index is 10.7. The second kappa shape index (κ2) is 3.18. The van der Waals surface area contributed by atoms with Gasteiger partial charge in [0, 0.05) is 6.92 Å². The van der Waals surface area contributed by atoms with E-state index in [-0.39, 0.29) is 5.97 Å². The van der Waals surface area contributed by atoms with Crippen LogP contribution >= 0.6 is 0 Å². The van der Waals surface area contributed by atoms with Crippen molar-refractivity contribution < 1.29 is 14.3 Å². The lowest BCUT2D eigenvalue weighted by Gasteiger charge is -2.02. The minimum absolute atomic E-state index is 0.293. The van der Waals surface area contributed by atoms with Crippen molar-refractivity contribution in [3.8, 4) is 5.75 Å². The van der Waals surface area contributed by atoms with Gasteiger partial charge in [-0.15, -0.1) is 0 Å². The van der Waals surface area contributed by atoms with Gasteiger partial charge < -0.3 is 9.47 Å². The highest BCUT2D eigenvalue weighted by molar-refractivity contribution is 5.69. The van der Waals surface area contributed by atoms with Gasteiger partial charge in [-0.2, -0.15) is 0 Å². The summed E-state index contributed by atoms with van der Waals surface area (Å²) in [4.78, 5) is 10.7. The lowest BCUT2D eigenvalue weighted by molar-refractivity contribution is -0.131. The van der Waals surface area contributed by atoms with E-state index in [1.807, 2.05) is 12.1 Å². The lowest BCUT2D eigenvalue weighted by Crippen LogP contribution is -2.01. The number of ether oxygens (including phenoxy) is 2. The quantitative estimate of drug-likeness (QED) is 0.484. The molecule has 1 aliphatic rings. The van der Waals surface area contributed by atoms with Crippen molar-refractivity contribution in [2.75, 3.05) is 0 Å². The Bertz CT molecular complexity index is 344. The van der Waals surface area contributed by atoms with Crippen LogP contribution in [-0.2, 0) is 22.7 Å². The van der Waals surface area contributed by atoms with Crippen LogP contribution in [0.25, 0.3) is 0 Å². The Morgan fingerprint density at radius 2 is 2.15 bits per heavy atom. The highest BCUT2D eigenvalue weighted by Gasteiger charge is 2.11. The molecule has 0 bridgehead atoms. The number of hydrogen-bond donors (Lipinski definition) is 0. The Kier molecular flexibility index (Phi) is 2.02. The van der Waals surface area contributed by atoms with Gasteiger partial charge in [-0.3, -0.25) is 4.79 Å². The summed E-state index contributed by atoms with van der Waals surface area (Å²) in [5, 5.41) is 0. The van der Waals surface area contributed by atoms with Crippen molar-refractivity contribution >= 4 is 5.97 Å². The summed E-state index contributed by atoms with van der Waals surface area (Å²) in [5.41, 5.74) is 2.29. The summed E-state index contributed by atoms with van der Waals surface area (Å²) in [6.45, 7) is 2.67. The molecule has 0 saturated heterocycles. The molecule has 3 nitrogen and oxygen atoms in total. The molecular formula is C10H10O3. The van der Waals surface area contributed by atoms with Gasteiger partial charge in [0.1, 0.15) is 5.75 Å². The molecule has 68 valence electrons. The second-order valence-electron chi connectivity index (χ2n) is 3.02. The average molecular weight is 178 g/mol. The zero-order chi connectivity index (χ0) is 9.26. The molecule has 0 aliphatic carbocycles. The van der Waals surface area contributed by atoms with E-state index in [4.69, 9.17) is 9.47 Å². The van der Waals surface area contributed by atoms with Gasteiger partial charge >= 0.3 is 5.97 Å². The van der Waals surface area contributed by atoms with Gasteiger partial charge in [0.05, 0.1) is 13.2 Å². The minimum atomic E-state index is -0.293. The summed E-state index contributed by atoms with van der Waals surface area (Å²) in [5.74, 6) is 0.301. The highest BCUT2D eigenvalue weighted by Crippen LogP contribution is 2.24. The predicted octanol–water partition coefficient (Wildman–Crippen LogP) is 1.64. The smallest absolute Gasteiger partial charge is 0.308 e. The largest absolute Gasteiger partial charge is 0.427 e. The van der Waals surface area contributed by atoms with Crippen molar-refractivity contribution in [3.63, 3.8) is 0 Å². The van der Waals surface area contributed by atoms with E-state index >= 15 is 0 Å². The van der Waals surface area contributed by atoms with Crippen LogP contribution in [0, 0.1) is 0 Å². The van der Waals surface area contributed by atoms with Gasteiger partial charge in [0.25, 0.3) is 0 Å². The number of rotatable bonds is 1. The van der Waals surface area contributed by atoms with E-state index in [0.717, 1.165) is 5.56 Å². The zero-order valence-electron chi connectivity index (χ0n) is 7.37. The van der Waals surface area contributed by atoms with Gasteiger partial charge in [0.15, 0.2) is 0 Å². The maximum Gasteiger partial charge on any atom is 0.308 e. The van der Waals surface area contributed by atoms with Gasteiger partial charge in [0.2, 0.25) is 0 Å². The van der Waals surface area contributed by atoms with Crippen LogP contribution in [0.15, 0.2) is 18.2 Å². The van der Waals surface area contributed by atoms with Crippen LogP contribution in [-0.4, -0.2) is 5.97 Å². The standard InChI is InChI=1S/C10H10O3/c1-7(11)13-10-3-2-8-5-12-6-9(8)4-10/h2-4H,5-6H2,1H3. The molecule has 0 spiro atoms. The fourth-order valence-corrected chi connectivity index (χ4v) is 1.38. The van der Waals surface area contributed by atoms with Crippen molar-refractivity contribution in [1.29, 1.82) is 0 Å². The molecule has 0 amide bonds. The van der Waals surface area contributed by atoms with Gasteiger partial charge in [-0.25, -0.2) is 0 Å². The van der Waals surface area contributed by atoms with Crippen molar-refractivity contribution in [3.05, 3.63) is 29.3 Å². The number of hydrogen-bond acceptors (Lipinski definition) is 3. The van der Waals surface area contributed by atoms with Gasteiger partial charge in [-0.05, 0) is 23.3 Å². The highest BCUT2D eigenvalue weighted by atomic mass is 16.5. The first kappa shape index (κ1) is 8.26. The molecule has 1 aliphatic heterocycles. The van der Waals surface area contributed by atoms with E-state index < -0.39 is 0 Å². The molecule has 2 rings (SSSR count). The van der Waals surface area contributed by atoms with Crippen LogP contribution < -0.4 is 4.74 Å². The van der Waals surface area contributed by atoms with Gasteiger partial charge in [-0.1, -0.05) is 6.07 Å². The lowest BCUT2D eigenvalue weighted by atomic mass is 10.1. The second-order valence-corrected chi connectivity index (χ2v) is 3.02. The van der Waals surface area contributed by atoms with Crippen LogP contribution in [0.2, 0.25) is 0 Å². The molecule has 0 N–H and O–H groups in total. The summed E-state index contributed by atoms with van der Waals surface area (Å²) in [6, 6.07) is 5.57. The minimum Gasteiger partial charge on any atom is -0.427 e. The topological polar surface area (TPSA) is 35.5 Å². The normalized spacial score (nSPS) is 13.9. The van der Waals surface area contributed by atoms with E-state index in [0.29, 0.717) is 19.0 Å². The number of carbonyl (C=O) groups excluding carboxylic acids is 1. The average Bonchev–Trinajstić information content (AvgIpc) is 2.49. The van der Waals surface area contributed by atoms with Crippen molar-refractivity contribution in [2.24, 2.45) is 0 Å². The predicted molar refractivity (Wildman–Crippen MR) is 46.2 cm³/mol. The van der Waals surface area contributed by atoms with Crippen LogP contribution in [0.4, 0.5) is 0 Å². The molecule has 0 saturated carbocycles. The molecular weight excluding hydrogens is 168 g/mol. The maximum absolute atomic E-state index is 10.7. The molecule has 0 aromatic heterocycles. The van der Waals surface area contributed by atoms with Crippen LogP contribution in [0.5, 0.6) is 5.75 Å². The van der Waals surface area contributed by atoms with E-state index in [1.54, 1.807) is 6.07 Å². The van der Waals surface area contributed by atoms with E-state index in [9.17, 15) is 4.79 Å². The third kappa shape index (κ3) is 1.70. The molecule has 0 radical (unpaired) electrons. The Balaban J connectivity index is 2.25. The molecule has 1 aromatic carbocycles.